The predicted octanol–water partition coefficient (Wildman–Crippen LogP) is 6.34. The third kappa shape index (κ3) is 7.19. The molecule has 1 fully saturated rings. The van der Waals surface area contributed by atoms with Crippen molar-refractivity contribution in [2.45, 2.75) is 49.3 Å². The van der Waals surface area contributed by atoms with E-state index in [1.54, 1.807) is 31.3 Å². The molecule has 0 N–H and O–H groups in total. The summed E-state index contributed by atoms with van der Waals surface area (Å²) in [5.41, 5.74) is 3.98. The van der Waals surface area contributed by atoms with Crippen LogP contribution in [0.4, 0.5) is 0 Å². The lowest BCUT2D eigenvalue weighted by Crippen LogP contribution is -2.36. The molecular weight excluding hydrogens is 488 g/mol. The van der Waals surface area contributed by atoms with E-state index >= 15 is 0 Å². The molecule has 4 rings (SSSR count). The van der Waals surface area contributed by atoms with Crippen molar-refractivity contribution in [3.05, 3.63) is 102 Å². The van der Waals surface area contributed by atoms with Crippen molar-refractivity contribution in [3.63, 3.8) is 0 Å². The predicted molar refractivity (Wildman–Crippen MR) is 152 cm³/mol. The van der Waals surface area contributed by atoms with Crippen LogP contribution in [0, 0.1) is 0 Å². The van der Waals surface area contributed by atoms with Gasteiger partial charge in [-0.05, 0) is 86.0 Å². The zero-order chi connectivity index (χ0) is 24.7. The Morgan fingerprint density at radius 3 is 2.19 bits per heavy atom. The second-order valence-corrected chi connectivity index (χ2v) is 11.8. The van der Waals surface area contributed by atoms with E-state index in [4.69, 9.17) is 0 Å². The summed E-state index contributed by atoms with van der Waals surface area (Å²) in [5.74, 6) is 0.795. The van der Waals surface area contributed by atoms with Crippen molar-refractivity contribution >= 4 is 22.4 Å². The Hall–Kier alpha value is -2.18. The molecule has 3 aromatic carbocycles. The van der Waals surface area contributed by atoms with E-state index in [2.05, 4.69) is 66.4 Å². The summed E-state index contributed by atoms with van der Waals surface area (Å²) in [6.07, 6.45) is 4.29. The third-order valence-electron chi connectivity index (χ3n) is 7.41. The number of rotatable bonds is 10. The Kier molecular flexibility index (Phi) is 10.6. The topological polar surface area (TPSA) is 40.6 Å². The first-order valence-electron chi connectivity index (χ1n) is 12.8. The molecule has 0 aliphatic carbocycles. The van der Waals surface area contributed by atoms with Crippen molar-refractivity contribution in [2.75, 3.05) is 33.2 Å². The number of halogens is 1. The first-order chi connectivity index (χ1) is 17.0. The molecule has 0 aromatic heterocycles. The zero-order valence-electron chi connectivity index (χ0n) is 21.4. The van der Waals surface area contributed by atoms with Gasteiger partial charge in [0, 0.05) is 13.6 Å². The molecule has 0 spiro atoms. The quantitative estimate of drug-likeness (QED) is 0.309. The highest BCUT2D eigenvalue weighted by Gasteiger charge is 2.26. The molecule has 1 saturated heterocycles. The lowest BCUT2D eigenvalue weighted by Gasteiger charge is -2.33. The number of piperidine rings is 1. The minimum atomic E-state index is -3.52. The van der Waals surface area contributed by atoms with Crippen molar-refractivity contribution in [1.29, 1.82) is 0 Å². The molecule has 0 bridgehead atoms. The van der Waals surface area contributed by atoms with Crippen LogP contribution in [0.2, 0.25) is 0 Å². The van der Waals surface area contributed by atoms with Crippen LogP contribution in [-0.2, 0) is 16.4 Å². The molecule has 3 aromatic rings. The number of likely N-dealkylation sites (tertiary alicyclic amines) is 1. The van der Waals surface area contributed by atoms with Gasteiger partial charge in [0.2, 0.25) is 10.0 Å². The van der Waals surface area contributed by atoms with Gasteiger partial charge in [0.25, 0.3) is 0 Å². The highest BCUT2D eigenvalue weighted by atomic mass is 35.5. The number of benzene rings is 3. The minimum absolute atomic E-state index is 0. The zero-order valence-corrected chi connectivity index (χ0v) is 23.1. The normalized spacial score (nSPS) is 16.0. The van der Waals surface area contributed by atoms with Crippen molar-refractivity contribution in [1.82, 2.24) is 9.21 Å². The lowest BCUT2D eigenvalue weighted by molar-refractivity contribution is 0.203. The monoisotopic (exact) mass is 526 g/mol. The standard InChI is InChI=1S/C30H38N2O2S.ClH/c1-3-25-11-10-14-28(23-25)29(24-31(2)35(33,34)30-15-8-5-9-16-30)19-22-32-20-17-27(18-21-32)26-12-6-4-7-13-26;/h4-16,23,27,29H,3,17-22,24H2,1-2H3;1H. The maximum atomic E-state index is 13.2. The van der Waals surface area contributed by atoms with Gasteiger partial charge in [-0.1, -0.05) is 79.7 Å². The Labute approximate surface area is 223 Å². The van der Waals surface area contributed by atoms with E-state index in [9.17, 15) is 8.42 Å². The maximum absolute atomic E-state index is 13.2. The summed E-state index contributed by atoms with van der Waals surface area (Å²) in [7, 11) is -1.81. The van der Waals surface area contributed by atoms with E-state index in [1.807, 2.05) is 6.07 Å². The molecule has 1 aliphatic rings. The van der Waals surface area contributed by atoms with Crippen molar-refractivity contribution in [2.24, 2.45) is 0 Å². The van der Waals surface area contributed by atoms with Gasteiger partial charge in [-0.2, -0.15) is 0 Å². The van der Waals surface area contributed by atoms with Gasteiger partial charge >= 0.3 is 0 Å². The average molecular weight is 527 g/mol. The van der Waals surface area contributed by atoms with Gasteiger partial charge in [-0.3, -0.25) is 0 Å². The third-order valence-corrected chi connectivity index (χ3v) is 9.25. The van der Waals surface area contributed by atoms with Crippen molar-refractivity contribution < 1.29 is 8.42 Å². The highest BCUT2D eigenvalue weighted by Crippen LogP contribution is 2.30. The van der Waals surface area contributed by atoms with Crippen LogP contribution in [0.3, 0.4) is 0 Å². The molecule has 1 heterocycles. The van der Waals surface area contributed by atoms with Crippen molar-refractivity contribution in [3.8, 4) is 0 Å². The first-order valence-corrected chi connectivity index (χ1v) is 14.3. The van der Waals surface area contributed by atoms with Gasteiger partial charge in [0.05, 0.1) is 4.90 Å². The lowest BCUT2D eigenvalue weighted by atomic mass is 9.89. The summed E-state index contributed by atoms with van der Waals surface area (Å²) in [6, 6.07) is 28.3. The molecule has 1 aliphatic heterocycles. The second kappa shape index (κ2) is 13.4. The molecule has 36 heavy (non-hydrogen) atoms. The number of likely N-dealkylation sites (N-methyl/N-ethyl adjacent to an activating group) is 1. The first kappa shape index (κ1) is 28.4. The van der Waals surface area contributed by atoms with Crippen LogP contribution in [0.25, 0.3) is 0 Å². The number of aryl methyl sites for hydroxylation is 1. The van der Waals surface area contributed by atoms with E-state index in [0.29, 0.717) is 17.4 Å². The summed E-state index contributed by atoms with van der Waals surface area (Å²) < 4.78 is 28.0. The molecule has 0 saturated carbocycles. The van der Waals surface area contributed by atoms with Gasteiger partial charge in [0.15, 0.2) is 0 Å². The summed E-state index contributed by atoms with van der Waals surface area (Å²) in [4.78, 5) is 2.91. The average Bonchev–Trinajstić information content (AvgIpc) is 2.92. The van der Waals surface area contributed by atoms with Crippen LogP contribution in [0.5, 0.6) is 0 Å². The smallest absolute Gasteiger partial charge is 0.242 e. The summed E-state index contributed by atoms with van der Waals surface area (Å²) >= 11 is 0. The Morgan fingerprint density at radius 1 is 0.917 bits per heavy atom. The summed E-state index contributed by atoms with van der Waals surface area (Å²) in [5, 5.41) is 0. The molecule has 0 amide bonds. The fourth-order valence-electron chi connectivity index (χ4n) is 5.16. The van der Waals surface area contributed by atoms with E-state index in [0.717, 1.165) is 32.5 Å². The van der Waals surface area contributed by atoms with Gasteiger partial charge in [-0.15, -0.1) is 12.4 Å². The van der Waals surface area contributed by atoms with Crippen LogP contribution in [-0.4, -0.2) is 50.8 Å². The Balaban J connectivity index is 0.00000361. The Morgan fingerprint density at radius 2 is 1.56 bits per heavy atom. The molecule has 0 radical (unpaired) electrons. The molecular formula is C30H39ClN2O2S. The minimum Gasteiger partial charge on any atom is -0.303 e. The number of sulfonamides is 1. The molecule has 1 atom stereocenters. The van der Waals surface area contributed by atoms with Crippen LogP contribution in [0.1, 0.15) is 54.7 Å². The number of nitrogens with zero attached hydrogens (tertiary/aromatic N) is 2. The highest BCUT2D eigenvalue weighted by molar-refractivity contribution is 7.89. The summed E-state index contributed by atoms with van der Waals surface area (Å²) in [6.45, 7) is 5.82. The van der Waals surface area contributed by atoms with Gasteiger partial charge < -0.3 is 4.90 Å². The molecule has 6 heteroatoms. The molecule has 1 unspecified atom stereocenters. The van der Waals surface area contributed by atoms with Gasteiger partial charge in [-0.25, -0.2) is 12.7 Å². The van der Waals surface area contributed by atoms with Gasteiger partial charge in [0.1, 0.15) is 0 Å². The molecule has 4 nitrogen and oxygen atoms in total. The fraction of sp³-hybridized carbons (Fsp3) is 0.400. The second-order valence-electron chi connectivity index (χ2n) is 9.71. The van der Waals surface area contributed by atoms with Crippen LogP contribution in [0.15, 0.2) is 89.8 Å². The van der Waals surface area contributed by atoms with E-state index < -0.39 is 10.0 Å². The van der Waals surface area contributed by atoms with E-state index in [-0.39, 0.29) is 18.3 Å². The number of hydrogen-bond acceptors (Lipinski definition) is 3. The molecule has 194 valence electrons. The van der Waals surface area contributed by atoms with E-state index in [1.165, 1.54) is 33.8 Å². The largest absolute Gasteiger partial charge is 0.303 e. The maximum Gasteiger partial charge on any atom is 0.242 e. The van der Waals surface area contributed by atoms with Crippen LogP contribution < -0.4 is 0 Å². The van der Waals surface area contributed by atoms with Crippen LogP contribution >= 0.6 is 12.4 Å². The fourth-order valence-corrected chi connectivity index (χ4v) is 6.40. The Bertz CT molecular complexity index is 1160. The SMILES string of the molecule is CCc1cccc(C(CCN2CCC(c3ccccc3)CC2)CN(C)S(=O)(=O)c2ccccc2)c1.Cl. The number of hydrogen-bond donors (Lipinski definition) is 0.